The highest BCUT2D eigenvalue weighted by Gasteiger charge is 2.44. The first-order chi connectivity index (χ1) is 35.6. The largest absolute Gasteiger partial charge is 0.484 e. The fraction of sp³-hybridized carbons (Fsp3) is 0.400. The molecular formula is C60H66N6O4S2+2. The molecule has 0 aliphatic carbocycles. The van der Waals surface area contributed by atoms with E-state index in [4.69, 9.17) is 9.47 Å². The molecule has 0 saturated carbocycles. The molecule has 2 N–H and O–H groups in total. The lowest BCUT2D eigenvalue weighted by Gasteiger charge is -2.36. The molecule has 0 saturated heterocycles. The van der Waals surface area contributed by atoms with Gasteiger partial charge >= 0.3 is 0 Å². The molecule has 6 aliphatic rings. The van der Waals surface area contributed by atoms with Crippen LogP contribution in [0.5, 0.6) is 11.5 Å². The zero-order chi connectivity index (χ0) is 48.4. The average Bonchev–Trinajstić information content (AvgIpc) is 3.98. The first-order valence-electron chi connectivity index (χ1n) is 26.9. The molecule has 4 aromatic carbocycles. The normalized spacial score (nSPS) is 17.7. The number of benzene rings is 4. The molecule has 12 rings (SSSR count). The summed E-state index contributed by atoms with van der Waals surface area (Å²) in [6, 6.07) is 30.4. The molecular weight excluding hydrogens is 933 g/mol. The van der Waals surface area contributed by atoms with Crippen LogP contribution >= 0.6 is 22.7 Å². The third kappa shape index (κ3) is 9.25. The van der Waals surface area contributed by atoms with Gasteiger partial charge in [0.1, 0.15) is 33.1 Å². The van der Waals surface area contributed by atoms with Crippen molar-refractivity contribution >= 4 is 88.6 Å². The Labute approximate surface area is 431 Å². The Hall–Kier alpha value is -6.24. The predicted octanol–water partition coefficient (Wildman–Crippen LogP) is 11.9. The molecule has 6 aromatic rings. The SMILES string of the molecule is O=C(CCCCCN1C=CC2=C3c4sc5ccccc5[n+]4CCC3Oc3cccc1c32)NCCCCCCCCNC(=O)CCCCCN1C=CC2=C3c4sc5ccccc5[n+]4CCC3Oc3cccc1c32. The summed E-state index contributed by atoms with van der Waals surface area (Å²) in [6.07, 6.45) is 24.9. The minimum Gasteiger partial charge on any atom is -0.484 e. The number of hydrogen-bond acceptors (Lipinski definition) is 8. The molecule has 2 unspecified atom stereocenters. The molecule has 72 heavy (non-hydrogen) atoms. The summed E-state index contributed by atoms with van der Waals surface area (Å²) in [5.74, 6) is 2.31. The van der Waals surface area contributed by atoms with Crippen LogP contribution < -0.4 is 39.0 Å². The minimum absolute atomic E-state index is 0.0810. The molecule has 0 spiro atoms. The van der Waals surface area contributed by atoms with E-state index in [0.29, 0.717) is 12.8 Å². The van der Waals surface area contributed by atoms with Crippen molar-refractivity contribution in [2.45, 2.75) is 128 Å². The van der Waals surface area contributed by atoms with Crippen molar-refractivity contribution in [2.24, 2.45) is 0 Å². The Morgan fingerprint density at radius 1 is 0.528 bits per heavy atom. The number of ether oxygens (including phenoxy) is 2. The van der Waals surface area contributed by atoms with Crippen LogP contribution in [0.1, 0.15) is 124 Å². The molecule has 2 aromatic heterocycles. The first-order valence-corrected chi connectivity index (χ1v) is 28.6. The summed E-state index contributed by atoms with van der Waals surface area (Å²) >= 11 is 3.76. The second-order valence-corrected chi connectivity index (χ2v) is 22.3. The number of amides is 2. The highest BCUT2D eigenvalue weighted by molar-refractivity contribution is 7.19. The standard InChI is InChI=1S/C60H64N6O4S2/c67-53(27-7-5-15-35-63-37-29-41-55-45(63)21-17-23-47(55)69-49-31-39-65-43-19-9-11-25-51(43)71-59(65)57(41)49)61-33-13-3-1-2-4-14-34-62-54(68)28-8-6-16-36-64-38-30-42-56-46(64)22-18-24-48(56)70-50-32-40-66-44-20-10-12-26-52(44)72-60(66)58(42)50/h9-12,17-26,29-30,37-38,49-50H,1-8,13-16,27-28,31-36,39-40H2/p+2. The van der Waals surface area contributed by atoms with E-state index in [1.807, 2.05) is 22.7 Å². The van der Waals surface area contributed by atoms with Crippen LogP contribution in [-0.2, 0) is 22.7 Å². The van der Waals surface area contributed by atoms with Gasteiger partial charge < -0.3 is 29.9 Å². The maximum Gasteiger partial charge on any atom is 0.270 e. The van der Waals surface area contributed by atoms with Gasteiger partial charge in [0, 0.05) is 98.7 Å². The second-order valence-electron chi connectivity index (χ2n) is 20.3. The van der Waals surface area contributed by atoms with E-state index in [1.165, 1.54) is 75.2 Å². The predicted molar refractivity (Wildman–Crippen MR) is 292 cm³/mol. The minimum atomic E-state index is 0.0810. The third-order valence-electron chi connectivity index (χ3n) is 15.5. The molecule has 2 atom stereocenters. The quantitative estimate of drug-likeness (QED) is 0.0551. The number of aromatic nitrogens is 2. The van der Waals surface area contributed by atoms with Crippen LogP contribution in [0.3, 0.4) is 0 Å². The first kappa shape index (κ1) is 46.8. The number of anilines is 2. The van der Waals surface area contributed by atoms with Gasteiger partial charge in [-0.15, -0.1) is 0 Å². The van der Waals surface area contributed by atoms with Crippen LogP contribution in [0.4, 0.5) is 11.4 Å². The molecule has 0 fully saturated rings. The summed E-state index contributed by atoms with van der Waals surface area (Å²) in [5, 5.41) is 8.94. The fourth-order valence-corrected chi connectivity index (χ4v) is 14.5. The molecule has 12 heteroatoms. The average molecular weight is 999 g/mol. The van der Waals surface area contributed by atoms with Crippen molar-refractivity contribution in [3.8, 4) is 11.5 Å². The number of nitrogens with one attached hydrogen (secondary N) is 2. The van der Waals surface area contributed by atoms with Gasteiger partial charge in [0.25, 0.3) is 10.0 Å². The van der Waals surface area contributed by atoms with Crippen LogP contribution in [0.15, 0.2) is 109 Å². The zero-order valence-electron chi connectivity index (χ0n) is 41.3. The molecule has 370 valence electrons. The summed E-state index contributed by atoms with van der Waals surface area (Å²) in [6.45, 7) is 5.27. The number of unbranched alkanes of at least 4 members (excludes halogenated alkanes) is 9. The summed E-state index contributed by atoms with van der Waals surface area (Å²) in [7, 11) is 0. The Bertz CT molecular complexity index is 2950. The van der Waals surface area contributed by atoms with E-state index in [9.17, 15) is 9.59 Å². The van der Waals surface area contributed by atoms with E-state index in [-0.39, 0.29) is 24.0 Å². The van der Waals surface area contributed by atoms with E-state index in [0.717, 1.165) is 141 Å². The number of para-hydroxylation sites is 2. The van der Waals surface area contributed by atoms with Gasteiger partial charge in [-0.1, -0.05) is 97.6 Å². The van der Waals surface area contributed by atoms with Crippen molar-refractivity contribution in [1.29, 1.82) is 0 Å². The Kier molecular flexibility index (Phi) is 13.7. The lowest BCUT2D eigenvalue weighted by atomic mass is 9.87. The zero-order valence-corrected chi connectivity index (χ0v) is 43.0. The van der Waals surface area contributed by atoms with Crippen molar-refractivity contribution in [2.75, 3.05) is 36.0 Å². The highest BCUT2D eigenvalue weighted by Crippen LogP contribution is 2.52. The second kappa shape index (κ2) is 21.1. The molecule has 2 amide bonds. The number of nitrogens with zero attached hydrogens (tertiary/aromatic N) is 4. The van der Waals surface area contributed by atoms with Crippen LogP contribution in [-0.4, -0.2) is 50.2 Å². The van der Waals surface area contributed by atoms with Crippen molar-refractivity contribution in [3.05, 3.63) is 131 Å². The number of allylic oxidation sites excluding steroid dienone is 4. The number of carbonyl (C=O) groups is 2. The Morgan fingerprint density at radius 3 is 1.46 bits per heavy atom. The van der Waals surface area contributed by atoms with Gasteiger partial charge in [0.2, 0.25) is 22.8 Å². The Morgan fingerprint density at radius 2 is 0.972 bits per heavy atom. The maximum absolute atomic E-state index is 12.6. The van der Waals surface area contributed by atoms with Gasteiger partial charge in [-0.25, -0.2) is 0 Å². The highest BCUT2D eigenvalue weighted by atomic mass is 32.1. The lowest BCUT2D eigenvalue weighted by Crippen LogP contribution is -2.45. The molecule has 6 aliphatic heterocycles. The van der Waals surface area contributed by atoms with Gasteiger partial charge in [0.15, 0.2) is 13.1 Å². The summed E-state index contributed by atoms with van der Waals surface area (Å²) < 4.78 is 21.0. The van der Waals surface area contributed by atoms with Gasteiger partial charge in [-0.3, -0.25) is 9.59 Å². The third-order valence-corrected chi connectivity index (χ3v) is 17.9. The molecule has 10 nitrogen and oxygen atoms in total. The topological polar surface area (TPSA) is 90.9 Å². The van der Waals surface area contributed by atoms with E-state index in [2.05, 4.69) is 139 Å². The van der Waals surface area contributed by atoms with Gasteiger partial charge in [-0.05, 0) is 87.1 Å². The smallest absolute Gasteiger partial charge is 0.270 e. The van der Waals surface area contributed by atoms with Gasteiger partial charge in [-0.2, -0.15) is 9.13 Å². The van der Waals surface area contributed by atoms with E-state index >= 15 is 0 Å². The van der Waals surface area contributed by atoms with Crippen LogP contribution in [0, 0.1) is 0 Å². The fourth-order valence-electron chi connectivity index (χ4n) is 11.9. The maximum atomic E-state index is 12.6. The van der Waals surface area contributed by atoms with Crippen molar-refractivity contribution in [1.82, 2.24) is 10.6 Å². The van der Waals surface area contributed by atoms with Crippen molar-refractivity contribution < 1.29 is 28.2 Å². The van der Waals surface area contributed by atoms with Crippen molar-refractivity contribution in [3.63, 3.8) is 0 Å². The summed E-state index contributed by atoms with van der Waals surface area (Å²) in [4.78, 5) is 30.0. The van der Waals surface area contributed by atoms with Crippen LogP contribution in [0.25, 0.3) is 42.7 Å². The molecule has 0 bridgehead atoms. The monoisotopic (exact) mass is 998 g/mol. The molecule has 8 heterocycles. The number of aryl methyl sites for hydroxylation is 2. The molecule has 0 radical (unpaired) electrons. The number of rotatable bonds is 21. The number of carbonyl (C=O) groups excluding carboxylic acids is 2. The lowest BCUT2D eigenvalue weighted by molar-refractivity contribution is -0.674. The van der Waals surface area contributed by atoms with Gasteiger partial charge in [0.05, 0.1) is 22.5 Å². The van der Waals surface area contributed by atoms with Crippen LogP contribution in [0.2, 0.25) is 0 Å². The number of fused-ring (bicyclic) bond motifs is 10. The number of hydrogen-bond donors (Lipinski definition) is 2. The number of thiazole rings is 2. The Balaban J connectivity index is 0.497. The van der Waals surface area contributed by atoms with E-state index in [1.54, 1.807) is 0 Å². The summed E-state index contributed by atoms with van der Waals surface area (Å²) in [5.41, 5.74) is 12.8. The van der Waals surface area contributed by atoms with E-state index < -0.39 is 0 Å².